The Morgan fingerprint density at radius 2 is 2.10 bits per heavy atom. The predicted octanol–water partition coefficient (Wildman–Crippen LogP) is 0.535. The van der Waals surface area contributed by atoms with Gasteiger partial charge in [-0.25, -0.2) is 9.36 Å². The highest BCUT2D eigenvalue weighted by atomic mass is 16.5. The van der Waals surface area contributed by atoms with Gasteiger partial charge in [-0.3, -0.25) is 14.1 Å². The Labute approximate surface area is 173 Å². The first kappa shape index (κ1) is 20.2. The second kappa shape index (κ2) is 8.37. The number of morpholine rings is 1. The van der Waals surface area contributed by atoms with Crippen LogP contribution in [0.3, 0.4) is 0 Å². The molecule has 1 saturated heterocycles. The largest absolute Gasteiger partial charge is 0.462 e. The number of esters is 1. The lowest BCUT2D eigenvalue weighted by molar-refractivity contribution is -0.658. The number of aryl methyl sites for hydroxylation is 1. The van der Waals surface area contributed by atoms with Crippen LogP contribution in [0.25, 0.3) is 16.7 Å². The third-order valence-electron chi connectivity index (χ3n) is 5.34. The quantitative estimate of drug-likeness (QED) is 0.370. The number of fused-ring (bicyclic) bond motifs is 2. The summed E-state index contributed by atoms with van der Waals surface area (Å²) in [5, 5.41) is 0.331. The third-order valence-corrected chi connectivity index (χ3v) is 5.34. The van der Waals surface area contributed by atoms with Crippen molar-refractivity contribution in [3.63, 3.8) is 0 Å². The number of rotatable bonds is 5. The van der Waals surface area contributed by atoms with E-state index in [1.54, 1.807) is 23.8 Å². The number of anilines is 1. The predicted molar refractivity (Wildman–Crippen MR) is 112 cm³/mol. The van der Waals surface area contributed by atoms with Crippen LogP contribution >= 0.6 is 0 Å². The van der Waals surface area contributed by atoms with Crippen molar-refractivity contribution in [3.8, 4) is 0 Å². The molecule has 9 heteroatoms. The molecule has 0 saturated carbocycles. The first-order chi connectivity index (χ1) is 14.5. The zero-order valence-electron chi connectivity index (χ0n) is 17.3. The Bertz CT molecular complexity index is 1170. The van der Waals surface area contributed by atoms with Crippen LogP contribution in [0.2, 0.25) is 0 Å². The average Bonchev–Trinajstić information content (AvgIpc) is 2.74. The maximum Gasteiger partial charge on any atom is 0.344 e. The number of carbonyl (C=O) groups is 1. The van der Waals surface area contributed by atoms with Crippen LogP contribution in [0.5, 0.6) is 0 Å². The van der Waals surface area contributed by atoms with Gasteiger partial charge in [0.2, 0.25) is 11.5 Å². The van der Waals surface area contributed by atoms with Gasteiger partial charge in [-0.05, 0) is 31.5 Å². The number of hydrogen-bond donors (Lipinski definition) is 1. The van der Waals surface area contributed by atoms with Crippen LogP contribution in [0.4, 0.5) is 5.82 Å². The molecule has 0 spiro atoms. The SMILES string of the molecule is CCOC(=O)c1cc2c(=O)n3cc(C)ccc3nc2[n+](CCN2CCOCC2)c1N. The van der Waals surface area contributed by atoms with Crippen molar-refractivity contribution in [3.05, 3.63) is 45.9 Å². The summed E-state index contributed by atoms with van der Waals surface area (Å²) in [7, 11) is 0. The Morgan fingerprint density at radius 3 is 2.83 bits per heavy atom. The van der Waals surface area contributed by atoms with Crippen LogP contribution in [0, 0.1) is 6.92 Å². The highest BCUT2D eigenvalue weighted by Crippen LogP contribution is 2.16. The van der Waals surface area contributed by atoms with E-state index in [2.05, 4.69) is 4.90 Å². The molecule has 30 heavy (non-hydrogen) atoms. The Balaban J connectivity index is 1.89. The molecular weight excluding hydrogens is 386 g/mol. The lowest BCUT2D eigenvalue weighted by Crippen LogP contribution is -2.48. The minimum Gasteiger partial charge on any atom is -0.462 e. The molecule has 0 amide bonds. The smallest absolute Gasteiger partial charge is 0.344 e. The van der Waals surface area contributed by atoms with Crippen LogP contribution in [0.15, 0.2) is 29.2 Å². The minimum atomic E-state index is -0.550. The minimum absolute atomic E-state index is 0.179. The van der Waals surface area contributed by atoms with Gasteiger partial charge >= 0.3 is 5.97 Å². The number of carbonyl (C=O) groups excluding carboxylic acids is 1. The standard InChI is InChI=1S/C21H25N5O4/c1-3-30-21(28)15-12-16-19(23-17-5-4-14(2)13-26(17)20(16)27)25(18(15)22)7-6-24-8-10-29-11-9-24/h4-5,12-13,22H,3,6-11H2,1-2H3/p+1. The molecule has 3 aromatic rings. The van der Waals surface area contributed by atoms with Gasteiger partial charge < -0.3 is 15.2 Å². The van der Waals surface area contributed by atoms with Gasteiger partial charge in [-0.1, -0.05) is 11.1 Å². The van der Waals surface area contributed by atoms with Gasteiger partial charge in [0.05, 0.1) is 26.4 Å². The van der Waals surface area contributed by atoms with Gasteiger partial charge in [0.25, 0.3) is 11.2 Å². The molecule has 2 N–H and O–H groups in total. The molecule has 0 aromatic carbocycles. The summed E-state index contributed by atoms with van der Waals surface area (Å²) in [6, 6.07) is 5.21. The van der Waals surface area contributed by atoms with Gasteiger partial charge in [-0.2, -0.15) is 0 Å². The van der Waals surface area contributed by atoms with Crippen LogP contribution in [0.1, 0.15) is 22.8 Å². The van der Waals surface area contributed by atoms with E-state index in [1.807, 2.05) is 13.0 Å². The number of aromatic nitrogens is 3. The second-order valence-corrected chi connectivity index (χ2v) is 7.36. The Morgan fingerprint density at radius 1 is 1.33 bits per heavy atom. The van der Waals surface area contributed by atoms with E-state index in [4.69, 9.17) is 20.2 Å². The van der Waals surface area contributed by atoms with E-state index in [0.717, 1.165) is 18.7 Å². The zero-order chi connectivity index (χ0) is 21.3. The molecule has 1 aliphatic heterocycles. The summed E-state index contributed by atoms with van der Waals surface area (Å²) in [6.45, 7) is 8.08. The molecule has 4 rings (SSSR count). The topological polar surface area (TPSA) is 103 Å². The van der Waals surface area contributed by atoms with Crippen molar-refractivity contribution in [2.24, 2.45) is 0 Å². The van der Waals surface area contributed by atoms with E-state index in [1.165, 1.54) is 10.5 Å². The molecular formula is C21H26N5O4+. The van der Waals surface area contributed by atoms with Gasteiger partial charge in [-0.15, -0.1) is 0 Å². The van der Waals surface area contributed by atoms with Crippen molar-refractivity contribution in [2.45, 2.75) is 20.4 Å². The normalized spacial score (nSPS) is 15.0. The number of hydrogen-bond acceptors (Lipinski definition) is 7. The highest BCUT2D eigenvalue weighted by molar-refractivity contribution is 5.96. The number of nitrogen functional groups attached to an aromatic ring is 1. The lowest BCUT2D eigenvalue weighted by atomic mass is 10.2. The molecule has 1 fully saturated rings. The van der Waals surface area contributed by atoms with E-state index in [0.29, 0.717) is 43.0 Å². The molecule has 0 radical (unpaired) electrons. The number of ether oxygens (including phenoxy) is 2. The van der Waals surface area contributed by atoms with E-state index in [9.17, 15) is 9.59 Å². The summed E-state index contributed by atoms with van der Waals surface area (Å²) in [5.41, 5.74) is 8.24. The fraction of sp³-hybridized carbons (Fsp3) is 0.429. The molecule has 158 valence electrons. The number of nitrogens with zero attached hydrogens (tertiary/aromatic N) is 4. The lowest BCUT2D eigenvalue weighted by Gasteiger charge is -2.26. The number of pyridine rings is 2. The summed E-state index contributed by atoms with van der Waals surface area (Å²) in [5.74, 6) is -0.302. The first-order valence-electron chi connectivity index (χ1n) is 10.1. The second-order valence-electron chi connectivity index (χ2n) is 7.36. The number of nitrogens with two attached hydrogens (primary N) is 1. The summed E-state index contributed by atoms with van der Waals surface area (Å²) < 4.78 is 13.8. The first-order valence-corrected chi connectivity index (χ1v) is 10.1. The van der Waals surface area contributed by atoms with Crippen LogP contribution in [-0.4, -0.2) is 59.7 Å². The van der Waals surface area contributed by atoms with Crippen molar-refractivity contribution in [2.75, 3.05) is 45.2 Å². The monoisotopic (exact) mass is 412 g/mol. The fourth-order valence-corrected chi connectivity index (χ4v) is 3.72. The molecule has 9 nitrogen and oxygen atoms in total. The molecule has 4 heterocycles. The molecule has 1 aliphatic rings. The molecule has 0 atom stereocenters. The van der Waals surface area contributed by atoms with E-state index < -0.39 is 5.97 Å². The molecule has 0 unspecified atom stereocenters. The Hall–Kier alpha value is -3.04. The fourth-order valence-electron chi connectivity index (χ4n) is 3.72. The maximum absolute atomic E-state index is 13.2. The zero-order valence-corrected chi connectivity index (χ0v) is 17.3. The third kappa shape index (κ3) is 3.73. The van der Waals surface area contributed by atoms with E-state index in [-0.39, 0.29) is 23.5 Å². The maximum atomic E-state index is 13.2. The van der Waals surface area contributed by atoms with Crippen LogP contribution in [-0.2, 0) is 16.0 Å². The highest BCUT2D eigenvalue weighted by Gasteiger charge is 2.25. The van der Waals surface area contributed by atoms with Crippen molar-refractivity contribution in [1.29, 1.82) is 0 Å². The Kier molecular flexibility index (Phi) is 5.65. The van der Waals surface area contributed by atoms with Crippen LogP contribution < -0.4 is 15.9 Å². The molecule has 0 bridgehead atoms. The molecule has 0 aliphatic carbocycles. The average molecular weight is 412 g/mol. The van der Waals surface area contributed by atoms with Crippen molar-refractivity contribution in [1.82, 2.24) is 14.3 Å². The van der Waals surface area contributed by atoms with Gasteiger partial charge in [0, 0.05) is 25.8 Å². The van der Waals surface area contributed by atoms with E-state index >= 15 is 0 Å². The van der Waals surface area contributed by atoms with Gasteiger partial charge in [0.1, 0.15) is 10.9 Å². The van der Waals surface area contributed by atoms with Crippen molar-refractivity contribution >= 4 is 28.5 Å². The summed E-state index contributed by atoms with van der Waals surface area (Å²) in [4.78, 5) is 32.7. The summed E-state index contributed by atoms with van der Waals surface area (Å²) >= 11 is 0. The van der Waals surface area contributed by atoms with Gasteiger partial charge in [0.15, 0.2) is 0 Å². The summed E-state index contributed by atoms with van der Waals surface area (Å²) in [6.07, 6.45) is 1.74. The molecule has 3 aromatic heterocycles. The van der Waals surface area contributed by atoms with Crippen molar-refractivity contribution < 1.29 is 18.8 Å².